The van der Waals surface area contributed by atoms with Crippen LogP contribution in [0.25, 0.3) is 0 Å². The molecule has 0 heterocycles. The number of para-hydroxylation sites is 1. The minimum absolute atomic E-state index is 0.0612. The molecule has 0 radical (unpaired) electrons. The largest absolute Gasteiger partial charge is 0.373 e. The summed E-state index contributed by atoms with van der Waals surface area (Å²) in [5.41, 5.74) is 1.55. The highest BCUT2D eigenvalue weighted by atomic mass is 35.5. The number of rotatable bonds is 8. The van der Waals surface area contributed by atoms with Gasteiger partial charge in [-0.1, -0.05) is 35.9 Å². The van der Waals surface area contributed by atoms with Gasteiger partial charge in [-0.25, -0.2) is 4.39 Å². The SMILES string of the molecule is CN(CCNC(=O)CSCc1c(F)cccc1Cl)c1ccccc1. The van der Waals surface area contributed by atoms with Gasteiger partial charge in [0.15, 0.2) is 0 Å². The van der Waals surface area contributed by atoms with Gasteiger partial charge in [0.05, 0.1) is 5.75 Å². The lowest BCUT2D eigenvalue weighted by molar-refractivity contribution is -0.118. The molecule has 24 heavy (non-hydrogen) atoms. The van der Waals surface area contributed by atoms with Crippen molar-refractivity contribution in [2.45, 2.75) is 5.75 Å². The molecule has 0 fully saturated rings. The van der Waals surface area contributed by atoms with Crippen molar-refractivity contribution in [3.05, 3.63) is 64.9 Å². The summed E-state index contributed by atoms with van der Waals surface area (Å²) in [4.78, 5) is 13.9. The molecule has 0 saturated heterocycles. The molecule has 0 saturated carbocycles. The van der Waals surface area contributed by atoms with Crippen molar-refractivity contribution in [1.29, 1.82) is 0 Å². The predicted molar refractivity (Wildman–Crippen MR) is 100 cm³/mol. The Kier molecular flexibility index (Phi) is 7.40. The van der Waals surface area contributed by atoms with E-state index in [1.165, 1.54) is 17.8 Å². The molecule has 128 valence electrons. The van der Waals surface area contributed by atoms with Crippen molar-refractivity contribution in [1.82, 2.24) is 5.32 Å². The van der Waals surface area contributed by atoms with E-state index < -0.39 is 0 Å². The summed E-state index contributed by atoms with van der Waals surface area (Å²) in [6, 6.07) is 14.6. The maximum Gasteiger partial charge on any atom is 0.230 e. The van der Waals surface area contributed by atoms with Crippen LogP contribution < -0.4 is 10.2 Å². The van der Waals surface area contributed by atoms with E-state index in [1.54, 1.807) is 12.1 Å². The molecule has 0 unspecified atom stereocenters. The van der Waals surface area contributed by atoms with Crippen LogP contribution in [0.4, 0.5) is 10.1 Å². The molecule has 2 aromatic carbocycles. The molecular formula is C18H20ClFN2OS. The molecule has 6 heteroatoms. The van der Waals surface area contributed by atoms with E-state index in [0.29, 0.717) is 22.9 Å². The second-order valence-corrected chi connectivity index (χ2v) is 6.69. The second-order valence-electron chi connectivity index (χ2n) is 5.30. The highest BCUT2D eigenvalue weighted by molar-refractivity contribution is 7.99. The van der Waals surface area contributed by atoms with Gasteiger partial charge in [-0.3, -0.25) is 4.79 Å². The Balaban J connectivity index is 1.67. The van der Waals surface area contributed by atoms with Crippen LogP contribution >= 0.6 is 23.4 Å². The zero-order chi connectivity index (χ0) is 17.4. The fourth-order valence-electron chi connectivity index (χ4n) is 2.14. The van der Waals surface area contributed by atoms with Gasteiger partial charge in [-0.05, 0) is 24.3 Å². The molecule has 0 aliphatic carbocycles. The summed E-state index contributed by atoms with van der Waals surface area (Å²) in [7, 11) is 1.98. The Morgan fingerprint density at radius 2 is 1.96 bits per heavy atom. The number of likely N-dealkylation sites (N-methyl/N-ethyl adjacent to an activating group) is 1. The topological polar surface area (TPSA) is 32.3 Å². The number of hydrogen-bond acceptors (Lipinski definition) is 3. The summed E-state index contributed by atoms with van der Waals surface area (Å²) in [6.07, 6.45) is 0. The molecule has 0 aliphatic heterocycles. The van der Waals surface area contributed by atoms with Gasteiger partial charge in [-0.15, -0.1) is 11.8 Å². The van der Waals surface area contributed by atoms with E-state index in [4.69, 9.17) is 11.6 Å². The van der Waals surface area contributed by atoms with Crippen LogP contribution in [0.2, 0.25) is 5.02 Å². The molecule has 1 N–H and O–H groups in total. The van der Waals surface area contributed by atoms with Crippen molar-refractivity contribution < 1.29 is 9.18 Å². The van der Waals surface area contributed by atoms with E-state index in [0.717, 1.165) is 12.2 Å². The minimum atomic E-state index is -0.333. The van der Waals surface area contributed by atoms with E-state index in [1.807, 2.05) is 37.4 Å². The Morgan fingerprint density at radius 1 is 1.21 bits per heavy atom. The van der Waals surface area contributed by atoms with Gasteiger partial charge in [0.2, 0.25) is 5.91 Å². The molecule has 1 amide bonds. The van der Waals surface area contributed by atoms with Gasteiger partial charge in [0.1, 0.15) is 5.82 Å². The highest BCUT2D eigenvalue weighted by Crippen LogP contribution is 2.23. The zero-order valence-corrected chi connectivity index (χ0v) is 15.0. The van der Waals surface area contributed by atoms with Crippen LogP contribution in [-0.4, -0.2) is 31.8 Å². The van der Waals surface area contributed by atoms with E-state index >= 15 is 0 Å². The van der Waals surface area contributed by atoms with Gasteiger partial charge in [0.25, 0.3) is 0 Å². The molecular weight excluding hydrogens is 347 g/mol. The van der Waals surface area contributed by atoms with Crippen molar-refractivity contribution in [2.24, 2.45) is 0 Å². The number of carbonyl (C=O) groups excluding carboxylic acids is 1. The lowest BCUT2D eigenvalue weighted by Crippen LogP contribution is -2.33. The number of hydrogen-bond donors (Lipinski definition) is 1. The first kappa shape index (κ1) is 18.6. The van der Waals surface area contributed by atoms with Crippen molar-refractivity contribution in [2.75, 3.05) is 30.8 Å². The van der Waals surface area contributed by atoms with E-state index in [-0.39, 0.29) is 17.5 Å². The van der Waals surface area contributed by atoms with Crippen LogP contribution in [0.15, 0.2) is 48.5 Å². The van der Waals surface area contributed by atoms with Gasteiger partial charge in [0, 0.05) is 42.2 Å². The van der Waals surface area contributed by atoms with E-state index in [9.17, 15) is 9.18 Å². The van der Waals surface area contributed by atoms with E-state index in [2.05, 4.69) is 10.2 Å². The first-order valence-electron chi connectivity index (χ1n) is 7.61. The lowest BCUT2D eigenvalue weighted by Gasteiger charge is -2.19. The number of carbonyl (C=O) groups is 1. The fourth-order valence-corrected chi connectivity index (χ4v) is 3.34. The molecule has 0 spiro atoms. The smallest absolute Gasteiger partial charge is 0.230 e. The average molecular weight is 367 g/mol. The zero-order valence-electron chi connectivity index (χ0n) is 13.5. The first-order chi connectivity index (χ1) is 11.6. The lowest BCUT2D eigenvalue weighted by atomic mass is 10.2. The van der Waals surface area contributed by atoms with Gasteiger partial charge >= 0.3 is 0 Å². The predicted octanol–water partition coefficient (Wildman–Crippen LogP) is 3.96. The third kappa shape index (κ3) is 5.73. The number of thioether (sulfide) groups is 1. The molecule has 2 rings (SSSR count). The Hall–Kier alpha value is -1.72. The molecule has 2 aromatic rings. The van der Waals surface area contributed by atoms with Crippen LogP contribution in [0, 0.1) is 5.82 Å². The van der Waals surface area contributed by atoms with Crippen molar-refractivity contribution in [3.63, 3.8) is 0 Å². The second kappa shape index (κ2) is 9.55. The molecule has 0 aliphatic rings. The standard InChI is InChI=1S/C18H20ClFN2OS/c1-22(14-6-3-2-4-7-14)11-10-21-18(23)13-24-12-15-16(19)8-5-9-17(15)20/h2-9H,10-13H2,1H3,(H,21,23). The fraction of sp³-hybridized carbons (Fsp3) is 0.278. The average Bonchev–Trinajstić information content (AvgIpc) is 2.58. The summed E-state index contributed by atoms with van der Waals surface area (Å²) >= 11 is 7.31. The van der Waals surface area contributed by atoms with Crippen LogP contribution in [0.3, 0.4) is 0 Å². The Labute approximate surface area is 151 Å². The van der Waals surface area contributed by atoms with Crippen LogP contribution in [0.1, 0.15) is 5.56 Å². The summed E-state index contributed by atoms with van der Waals surface area (Å²) in [5.74, 6) is 0.261. The van der Waals surface area contributed by atoms with Crippen molar-refractivity contribution in [3.8, 4) is 0 Å². The third-order valence-electron chi connectivity index (χ3n) is 3.51. The number of anilines is 1. The number of amides is 1. The maximum absolute atomic E-state index is 13.6. The Bertz CT molecular complexity index is 649. The normalized spacial score (nSPS) is 10.5. The monoisotopic (exact) mass is 366 g/mol. The molecule has 3 nitrogen and oxygen atoms in total. The number of benzene rings is 2. The summed E-state index contributed by atoms with van der Waals surface area (Å²) in [5, 5.41) is 3.27. The number of nitrogens with one attached hydrogen (secondary N) is 1. The summed E-state index contributed by atoms with van der Waals surface area (Å²) in [6.45, 7) is 1.28. The highest BCUT2D eigenvalue weighted by Gasteiger charge is 2.08. The van der Waals surface area contributed by atoms with Crippen LogP contribution in [-0.2, 0) is 10.5 Å². The van der Waals surface area contributed by atoms with Gasteiger partial charge < -0.3 is 10.2 Å². The first-order valence-corrected chi connectivity index (χ1v) is 9.14. The molecule has 0 bridgehead atoms. The number of halogens is 2. The maximum atomic E-state index is 13.6. The van der Waals surface area contributed by atoms with Gasteiger partial charge in [-0.2, -0.15) is 0 Å². The third-order valence-corrected chi connectivity index (χ3v) is 4.82. The number of nitrogens with zero attached hydrogens (tertiary/aromatic N) is 1. The van der Waals surface area contributed by atoms with Crippen molar-refractivity contribution >= 4 is 35.0 Å². The quantitative estimate of drug-likeness (QED) is 0.767. The minimum Gasteiger partial charge on any atom is -0.373 e. The Morgan fingerprint density at radius 3 is 2.67 bits per heavy atom. The molecule has 0 atom stereocenters. The summed E-state index contributed by atoms with van der Waals surface area (Å²) < 4.78 is 13.6. The molecule has 0 aromatic heterocycles. The van der Waals surface area contributed by atoms with Crippen LogP contribution in [0.5, 0.6) is 0 Å².